The lowest BCUT2D eigenvalue weighted by atomic mass is 9.98. The van der Waals surface area contributed by atoms with Crippen LogP contribution in [0.15, 0.2) is 0 Å². The van der Waals surface area contributed by atoms with Crippen molar-refractivity contribution in [2.75, 3.05) is 19.8 Å². The van der Waals surface area contributed by atoms with Crippen LogP contribution in [0.1, 0.15) is 13.8 Å². The third-order valence-electron chi connectivity index (χ3n) is 5.29. The van der Waals surface area contributed by atoms with E-state index in [2.05, 4.69) is 0 Å². The first-order chi connectivity index (χ1) is 14.0. The lowest BCUT2D eigenvalue weighted by molar-refractivity contribution is -0.384. The quantitative estimate of drug-likeness (QED) is 0.166. The van der Waals surface area contributed by atoms with Crippen LogP contribution in [0.3, 0.4) is 0 Å². The van der Waals surface area contributed by atoms with Gasteiger partial charge in [-0.05, 0) is 5.92 Å². The van der Waals surface area contributed by atoms with Gasteiger partial charge in [-0.3, -0.25) is 4.79 Å². The molecule has 2 heterocycles. The molecular weight excluding hydrogens is 410 g/mol. The molecule has 9 N–H and O–H groups in total. The summed E-state index contributed by atoms with van der Waals surface area (Å²) in [7, 11) is 0. The summed E-state index contributed by atoms with van der Waals surface area (Å²) in [4.78, 5) is 12.3. The second-order valence-electron chi connectivity index (χ2n) is 7.74. The molecular formula is C17H31NO12. The highest BCUT2D eigenvalue weighted by atomic mass is 16.8. The van der Waals surface area contributed by atoms with Crippen LogP contribution < -0.4 is 5.73 Å². The summed E-state index contributed by atoms with van der Waals surface area (Å²) in [6, 6.07) is -1.08. The largest absolute Gasteiger partial charge is 0.453 e. The fourth-order valence-corrected chi connectivity index (χ4v) is 3.23. The summed E-state index contributed by atoms with van der Waals surface area (Å²) in [6.45, 7) is 0.837. The van der Waals surface area contributed by atoms with E-state index in [1.165, 1.54) is 0 Å². The van der Waals surface area contributed by atoms with Gasteiger partial charge in [-0.25, -0.2) is 0 Å². The summed E-state index contributed by atoms with van der Waals surface area (Å²) in [6.07, 6.45) is -13.1. The fraction of sp³-hybridized carbons (Fsp3) is 0.941. The predicted molar refractivity (Wildman–Crippen MR) is 95.3 cm³/mol. The zero-order valence-corrected chi connectivity index (χ0v) is 16.6. The summed E-state index contributed by atoms with van der Waals surface area (Å²) < 4.78 is 21.3. The van der Waals surface area contributed by atoms with Gasteiger partial charge in [0, 0.05) is 0 Å². The number of carbonyl (C=O) groups excluding carboxylic acids is 1. The third-order valence-corrected chi connectivity index (χ3v) is 5.29. The van der Waals surface area contributed by atoms with Crippen LogP contribution in [0, 0.1) is 5.92 Å². The number of nitrogens with two attached hydrogens (primary N) is 1. The van der Waals surface area contributed by atoms with Crippen molar-refractivity contribution in [2.45, 2.75) is 74.7 Å². The molecule has 0 amide bonds. The Morgan fingerprint density at radius 3 is 2.10 bits per heavy atom. The maximum atomic E-state index is 12.3. The van der Waals surface area contributed by atoms with Gasteiger partial charge >= 0.3 is 5.97 Å². The van der Waals surface area contributed by atoms with E-state index in [-0.39, 0.29) is 5.92 Å². The van der Waals surface area contributed by atoms with Crippen molar-refractivity contribution >= 4 is 5.97 Å². The summed E-state index contributed by atoms with van der Waals surface area (Å²) in [5, 5.41) is 69.3. The highest BCUT2D eigenvalue weighted by molar-refractivity contribution is 5.76. The Labute approximate surface area is 172 Å². The number of hydrogen-bond acceptors (Lipinski definition) is 13. The Morgan fingerprint density at radius 1 is 1.03 bits per heavy atom. The van der Waals surface area contributed by atoms with E-state index in [4.69, 9.17) is 24.7 Å². The van der Waals surface area contributed by atoms with Gasteiger partial charge < -0.3 is 60.4 Å². The van der Waals surface area contributed by atoms with Crippen molar-refractivity contribution in [2.24, 2.45) is 11.7 Å². The number of aliphatic hydroxyl groups is 7. The Kier molecular flexibility index (Phi) is 8.51. The second kappa shape index (κ2) is 10.1. The number of rotatable bonds is 8. The molecule has 13 nitrogen and oxygen atoms in total. The monoisotopic (exact) mass is 441 g/mol. The average molecular weight is 441 g/mol. The smallest absolute Gasteiger partial charge is 0.323 e. The molecule has 2 aliphatic heterocycles. The normalized spacial score (nSPS) is 43.0. The van der Waals surface area contributed by atoms with Crippen LogP contribution in [0.4, 0.5) is 0 Å². The number of esters is 1. The average Bonchev–Trinajstić information content (AvgIpc) is 2.97. The number of carbonyl (C=O) groups is 1. The van der Waals surface area contributed by atoms with Crippen molar-refractivity contribution < 1.29 is 59.5 Å². The molecule has 2 rings (SSSR count). The Hall–Kier alpha value is -0.970. The molecule has 176 valence electrons. The summed E-state index contributed by atoms with van der Waals surface area (Å²) >= 11 is 0. The van der Waals surface area contributed by atoms with Crippen LogP contribution in [0.25, 0.3) is 0 Å². The van der Waals surface area contributed by atoms with Gasteiger partial charge in [-0.2, -0.15) is 0 Å². The van der Waals surface area contributed by atoms with Crippen LogP contribution >= 0.6 is 0 Å². The van der Waals surface area contributed by atoms with Gasteiger partial charge in [0.15, 0.2) is 6.10 Å². The molecule has 0 aromatic rings. The second-order valence-corrected chi connectivity index (χ2v) is 7.74. The first-order valence-corrected chi connectivity index (χ1v) is 9.55. The van der Waals surface area contributed by atoms with E-state index in [1.807, 2.05) is 0 Å². The van der Waals surface area contributed by atoms with Gasteiger partial charge in [0.05, 0.1) is 13.2 Å². The van der Waals surface area contributed by atoms with Crippen LogP contribution in [-0.4, -0.2) is 122 Å². The lowest BCUT2D eigenvalue weighted by Crippen LogP contribution is -2.64. The summed E-state index contributed by atoms with van der Waals surface area (Å²) in [5.41, 5.74) is 5.74. The molecule has 0 aliphatic carbocycles. The van der Waals surface area contributed by atoms with E-state index >= 15 is 0 Å². The number of aliphatic hydroxyl groups excluding tert-OH is 7. The minimum absolute atomic E-state index is 0.321. The molecule has 10 atom stereocenters. The number of ether oxygens (including phenoxy) is 4. The minimum atomic E-state index is -2.32. The molecule has 0 saturated carbocycles. The predicted octanol–water partition coefficient (Wildman–Crippen LogP) is -4.86. The van der Waals surface area contributed by atoms with Crippen LogP contribution in [0.2, 0.25) is 0 Å². The van der Waals surface area contributed by atoms with Crippen LogP contribution in [0.5, 0.6) is 0 Å². The summed E-state index contributed by atoms with van der Waals surface area (Å²) in [5.74, 6) is -3.58. The zero-order valence-electron chi connectivity index (χ0n) is 16.6. The first kappa shape index (κ1) is 25.3. The highest BCUT2D eigenvalue weighted by Gasteiger charge is 2.59. The van der Waals surface area contributed by atoms with E-state index in [9.17, 15) is 40.5 Å². The van der Waals surface area contributed by atoms with Crippen molar-refractivity contribution in [1.29, 1.82) is 0 Å². The first-order valence-electron chi connectivity index (χ1n) is 9.55. The van der Waals surface area contributed by atoms with Gasteiger partial charge in [0.25, 0.3) is 0 Å². The van der Waals surface area contributed by atoms with Crippen molar-refractivity contribution in [1.82, 2.24) is 0 Å². The molecule has 30 heavy (non-hydrogen) atoms. The van der Waals surface area contributed by atoms with E-state index in [0.29, 0.717) is 0 Å². The molecule has 13 heteroatoms. The molecule has 2 saturated heterocycles. The molecule has 10 unspecified atom stereocenters. The topological polar surface area (TPSA) is 222 Å². The van der Waals surface area contributed by atoms with E-state index in [1.54, 1.807) is 13.8 Å². The van der Waals surface area contributed by atoms with Crippen LogP contribution in [-0.2, 0) is 23.7 Å². The highest BCUT2D eigenvalue weighted by Crippen LogP contribution is 2.36. The molecule has 0 spiro atoms. The van der Waals surface area contributed by atoms with Crippen molar-refractivity contribution in [3.63, 3.8) is 0 Å². The maximum absolute atomic E-state index is 12.3. The van der Waals surface area contributed by atoms with E-state index in [0.717, 1.165) is 0 Å². The van der Waals surface area contributed by atoms with Gasteiger partial charge in [-0.1, -0.05) is 13.8 Å². The van der Waals surface area contributed by atoms with E-state index < -0.39 is 86.6 Å². The molecule has 2 fully saturated rings. The molecule has 0 aromatic heterocycles. The van der Waals surface area contributed by atoms with Gasteiger partial charge in [0.1, 0.15) is 49.3 Å². The molecule has 0 radical (unpaired) electrons. The Balaban J connectivity index is 2.30. The SMILES string of the molecule is CC(C)C(N)C(=O)OC1C(OC2(CO)OC(CO)C(O)C2O)OC(CO)C(O)C1O. The Bertz CT molecular complexity index is 579. The standard InChI is InChI=1S/C17H31NO12/c1-6(2)9(18)15(26)28-13-12(24)10(22)7(3-19)27-16(13)30-17(5-21)14(25)11(23)8(4-20)29-17/h6-14,16,19-25H,3-5,18H2,1-2H3. The molecule has 0 bridgehead atoms. The van der Waals surface area contributed by atoms with Gasteiger partial charge in [-0.15, -0.1) is 0 Å². The number of hydrogen-bond donors (Lipinski definition) is 8. The minimum Gasteiger partial charge on any atom is -0.453 e. The van der Waals surface area contributed by atoms with Crippen molar-refractivity contribution in [3.05, 3.63) is 0 Å². The van der Waals surface area contributed by atoms with Crippen molar-refractivity contribution in [3.8, 4) is 0 Å². The van der Waals surface area contributed by atoms with Gasteiger partial charge in [0.2, 0.25) is 12.1 Å². The zero-order chi connectivity index (χ0) is 22.8. The molecule has 0 aromatic carbocycles. The maximum Gasteiger partial charge on any atom is 0.323 e. The molecule has 2 aliphatic rings. The Morgan fingerprint density at radius 2 is 1.63 bits per heavy atom. The third kappa shape index (κ3) is 4.76. The fourth-order valence-electron chi connectivity index (χ4n) is 3.23. The lowest BCUT2D eigenvalue weighted by Gasteiger charge is -2.44.